The summed E-state index contributed by atoms with van der Waals surface area (Å²) in [5.41, 5.74) is 2.75. The first kappa shape index (κ1) is 16.3. The maximum Gasteiger partial charge on any atom is 0.226 e. The Balaban J connectivity index is 1.65. The lowest BCUT2D eigenvalue weighted by Crippen LogP contribution is -2.36. The van der Waals surface area contributed by atoms with Crippen molar-refractivity contribution in [3.05, 3.63) is 54.1 Å². The number of aryl methyl sites for hydroxylation is 1. The van der Waals surface area contributed by atoms with Gasteiger partial charge in [-0.2, -0.15) is 0 Å². The zero-order valence-electron chi connectivity index (χ0n) is 13.7. The van der Waals surface area contributed by atoms with Gasteiger partial charge >= 0.3 is 0 Å². The number of rotatable bonds is 5. The van der Waals surface area contributed by atoms with E-state index in [0.717, 1.165) is 22.7 Å². The summed E-state index contributed by atoms with van der Waals surface area (Å²) in [6, 6.07) is 15.4. The second-order valence-electron chi connectivity index (χ2n) is 5.99. The first-order chi connectivity index (χ1) is 11.6. The topological polar surface area (TPSA) is 61.8 Å². The van der Waals surface area contributed by atoms with Gasteiger partial charge in [0.15, 0.2) is 0 Å². The van der Waals surface area contributed by atoms with Gasteiger partial charge in [-0.1, -0.05) is 30.3 Å². The molecule has 2 N–H and O–H groups in total. The van der Waals surface area contributed by atoms with Crippen LogP contribution in [0.1, 0.15) is 12.0 Å². The van der Waals surface area contributed by atoms with Crippen molar-refractivity contribution < 1.29 is 14.6 Å². The molecule has 1 heterocycles. The van der Waals surface area contributed by atoms with Crippen molar-refractivity contribution >= 4 is 17.3 Å². The van der Waals surface area contributed by atoms with Gasteiger partial charge in [0, 0.05) is 19.5 Å². The van der Waals surface area contributed by atoms with Crippen molar-refractivity contribution in [3.8, 4) is 5.75 Å². The Morgan fingerprint density at radius 3 is 2.79 bits per heavy atom. The fraction of sp³-hybridized carbons (Fsp3) is 0.316. The van der Waals surface area contributed by atoms with Crippen molar-refractivity contribution in [3.63, 3.8) is 0 Å². The normalized spacial score (nSPS) is 15.2. The molecule has 5 heteroatoms. The van der Waals surface area contributed by atoms with E-state index in [9.17, 15) is 9.90 Å². The average molecular weight is 326 g/mol. The third-order valence-electron chi connectivity index (χ3n) is 4.08. The van der Waals surface area contributed by atoms with Crippen LogP contribution in [0.5, 0.6) is 5.75 Å². The maximum atomic E-state index is 11.8. The van der Waals surface area contributed by atoms with Crippen LogP contribution in [0, 0.1) is 6.92 Å². The van der Waals surface area contributed by atoms with E-state index in [4.69, 9.17) is 4.74 Å². The SMILES string of the molecule is Cc1ccccc1OCC(O)CN1CCC(=O)Nc2ccccc21. The zero-order valence-corrected chi connectivity index (χ0v) is 13.7. The molecule has 5 nitrogen and oxygen atoms in total. The summed E-state index contributed by atoms with van der Waals surface area (Å²) in [7, 11) is 0. The highest BCUT2D eigenvalue weighted by Crippen LogP contribution is 2.28. The van der Waals surface area contributed by atoms with Crippen LogP contribution in [-0.4, -0.2) is 36.8 Å². The molecule has 1 unspecified atom stereocenters. The number of β-amino-alcohol motifs (C(OH)–C–C–N with tert-alkyl or cyclic N) is 1. The number of aliphatic hydroxyl groups is 1. The first-order valence-electron chi connectivity index (χ1n) is 8.14. The molecule has 3 rings (SSSR count). The van der Waals surface area contributed by atoms with E-state index in [2.05, 4.69) is 5.32 Å². The minimum absolute atomic E-state index is 0.00407. The Kier molecular flexibility index (Phi) is 5.01. The smallest absolute Gasteiger partial charge is 0.226 e. The Bertz CT molecular complexity index is 717. The van der Waals surface area contributed by atoms with Gasteiger partial charge in [-0.3, -0.25) is 4.79 Å². The number of ether oxygens (including phenoxy) is 1. The molecule has 1 atom stereocenters. The van der Waals surface area contributed by atoms with Gasteiger partial charge in [0.2, 0.25) is 5.91 Å². The highest BCUT2D eigenvalue weighted by atomic mass is 16.5. The molecule has 1 aliphatic heterocycles. The minimum atomic E-state index is -0.647. The molecule has 126 valence electrons. The standard InChI is InChI=1S/C19H22N2O3/c1-14-6-2-5-9-18(14)24-13-15(22)12-21-11-10-19(23)20-16-7-3-4-8-17(16)21/h2-9,15,22H,10-13H2,1H3,(H,20,23). The van der Waals surface area contributed by atoms with Gasteiger partial charge in [0.25, 0.3) is 0 Å². The molecule has 0 radical (unpaired) electrons. The number of nitrogens with one attached hydrogen (secondary N) is 1. The molecule has 0 bridgehead atoms. The molecule has 1 aliphatic rings. The van der Waals surface area contributed by atoms with Crippen LogP contribution < -0.4 is 15.0 Å². The summed E-state index contributed by atoms with van der Waals surface area (Å²) in [6.07, 6.45) is -0.245. The number of benzene rings is 2. The lowest BCUT2D eigenvalue weighted by Gasteiger charge is -2.26. The second-order valence-corrected chi connectivity index (χ2v) is 5.99. The van der Waals surface area contributed by atoms with E-state index in [1.165, 1.54) is 0 Å². The molecule has 0 fully saturated rings. The number of fused-ring (bicyclic) bond motifs is 1. The summed E-state index contributed by atoms with van der Waals surface area (Å²) in [5, 5.41) is 13.3. The highest BCUT2D eigenvalue weighted by Gasteiger charge is 2.21. The lowest BCUT2D eigenvalue weighted by molar-refractivity contribution is -0.116. The van der Waals surface area contributed by atoms with E-state index in [1.54, 1.807) is 0 Å². The van der Waals surface area contributed by atoms with Crippen LogP contribution in [0.2, 0.25) is 0 Å². The van der Waals surface area contributed by atoms with Crippen molar-refractivity contribution in [2.24, 2.45) is 0 Å². The molecule has 0 saturated carbocycles. The Hall–Kier alpha value is -2.53. The summed E-state index contributed by atoms with van der Waals surface area (Å²) in [6.45, 7) is 3.18. The van der Waals surface area contributed by atoms with Crippen LogP contribution in [0.3, 0.4) is 0 Å². The van der Waals surface area contributed by atoms with E-state index in [-0.39, 0.29) is 12.5 Å². The van der Waals surface area contributed by atoms with Gasteiger partial charge < -0.3 is 20.1 Å². The highest BCUT2D eigenvalue weighted by molar-refractivity contribution is 5.96. The summed E-state index contributed by atoms with van der Waals surface area (Å²) in [5.74, 6) is 0.778. The van der Waals surface area contributed by atoms with Gasteiger partial charge in [0.05, 0.1) is 11.4 Å². The Morgan fingerprint density at radius 2 is 1.96 bits per heavy atom. The second kappa shape index (κ2) is 7.36. The number of aliphatic hydroxyl groups excluding tert-OH is 1. The fourth-order valence-corrected chi connectivity index (χ4v) is 2.83. The lowest BCUT2D eigenvalue weighted by atomic mass is 10.2. The Morgan fingerprint density at radius 1 is 1.21 bits per heavy atom. The van der Waals surface area contributed by atoms with Crippen molar-refractivity contribution in [2.45, 2.75) is 19.4 Å². The van der Waals surface area contributed by atoms with Crippen LogP contribution in [0.4, 0.5) is 11.4 Å². The monoisotopic (exact) mass is 326 g/mol. The summed E-state index contributed by atoms with van der Waals surface area (Å²) < 4.78 is 5.72. The zero-order chi connectivity index (χ0) is 16.9. The first-order valence-corrected chi connectivity index (χ1v) is 8.14. The third-order valence-corrected chi connectivity index (χ3v) is 4.08. The molecule has 24 heavy (non-hydrogen) atoms. The van der Waals surface area contributed by atoms with Crippen molar-refractivity contribution in [1.29, 1.82) is 0 Å². The number of nitrogens with zero attached hydrogens (tertiary/aromatic N) is 1. The molecule has 0 aliphatic carbocycles. The molecule has 0 aromatic heterocycles. The van der Waals surface area contributed by atoms with E-state index in [0.29, 0.717) is 19.5 Å². The molecule has 0 saturated heterocycles. The number of carbonyl (C=O) groups excluding carboxylic acids is 1. The molecule has 0 spiro atoms. The predicted octanol–water partition coefficient (Wildman–Crippen LogP) is 2.58. The summed E-state index contributed by atoms with van der Waals surface area (Å²) >= 11 is 0. The number of hydrogen-bond donors (Lipinski definition) is 2. The van der Waals surface area contributed by atoms with Crippen molar-refractivity contribution in [2.75, 3.05) is 29.9 Å². The third kappa shape index (κ3) is 3.86. The molecule has 2 aromatic rings. The van der Waals surface area contributed by atoms with Gasteiger partial charge in [-0.25, -0.2) is 0 Å². The Labute approximate surface area is 141 Å². The number of amides is 1. The quantitative estimate of drug-likeness (QED) is 0.886. The van der Waals surface area contributed by atoms with Crippen LogP contribution in [0.15, 0.2) is 48.5 Å². The van der Waals surface area contributed by atoms with E-state index in [1.807, 2.05) is 60.4 Å². The molecule has 2 aromatic carbocycles. The van der Waals surface area contributed by atoms with Crippen LogP contribution in [-0.2, 0) is 4.79 Å². The maximum absolute atomic E-state index is 11.8. The van der Waals surface area contributed by atoms with Gasteiger partial charge in [-0.05, 0) is 30.7 Å². The largest absolute Gasteiger partial charge is 0.491 e. The van der Waals surface area contributed by atoms with E-state index >= 15 is 0 Å². The molecule has 1 amide bonds. The number of para-hydroxylation sites is 3. The minimum Gasteiger partial charge on any atom is -0.491 e. The number of anilines is 2. The number of carbonyl (C=O) groups is 1. The van der Waals surface area contributed by atoms with Gasteiger partial charge in [0.1, 0.15) is 18.5 Å². The van der Waals surface area contributed by atoms with E-state index < -0.39 is 6.10 Å². The van der Waals surface area contributed by atoms with Crippen LogP contribution >= 0.6 is 0 Å². The van der Waals surface area contributed by atoms with Crippen LogP contribution in [0.25, 0.3) is 0 Å². The molecular weight excluding hydrogens is 304 g/mol. The van der Waals surface area contributed by atoms with Crippen molar-refractivity contribution in [1.82, 2.24) is 0 Å². The summed E-state index contributed by atoms with van der Waals surface area (Å²) in [4.78, 5) is 13.8. The fourth-order valence-electron chi connectivity index (χ4n) is 2.83. The van der Waals surface area contributed by atoms with Gasteiger partial charge in [-0.15, -0.1) is 0 Å². The predicted molar refractivity (Wildman–Crippen MR) is 94.6 cm³/mol. The molecular formula is C19H22N2O3. The number of hydrogen-bond acceptors (Lipinski definition) is 4. The average Bonchev–Trinajstić information content (AvgIpc) is 2.73.